The molecule has 2 aromatic rings. The van der Waals surface area contributed by atoms with Gasteiger partial charge in [0.2, 0.25) is 11.8 Å². The van der Waals surface area contributed by atoms with Crippen LogP contribution in [0.2, 0.25) is 5.02 Å². The summed E-state index contributed by atoms with van der Waals surface area (Å²) in [5, 5.41) is 3.27. The van der Waals surface area contributed by atoms with Gasteiger partial charge in [-0.2, -0.15) is 0 Å². The van der Waals surface area contributed by atoms with E-state index < -0.39 is 0 Å². The highest BCUT2D eigenvalue weighted by Crippen LogP contribution is 2.32. The van der Waals surface area contributed by atoms with Crippen molar-refractivity contribution in [1.29, 1.82) is 0 Å². The van der Waals surface area contributed by atoms with Crippen LogP contribution in [-0.4, -0.2) is 29.8 Å². The molecule has 6 heteroatoms. The summed E-state index contributed by atoms with van der Waals surface area (Å²) in [6.45, 7) is 0.658. The van der Waals surface area contributed by atoms with Crippen LogP contribution in [0, 0.1) is 0 Å². The molecule has 0 bridgehead atoms. The molecular formula is C18H17ClN2O3. The Labute approximate surface area is 145 Å². The van der Waals surface area contributed by atoms with Gasteiger partial charge in [-0.1, -0.05) is 29.8 Å². The quantitative estimate of drug-likeness (QED) is 0.899. The van der Waals surface area contributed by atoms with Crippen molar-refractivity contribution in [3.8, 4) is 11.5 Å². The summed E-state index contributed by atoms with van der Waals surface area (Å²) in [5.74, 6) is 0.888. The second kappa shape index (κ2) is 7.36. The van der Waals surface area contributed by atoms with Gasteiger partial charge in [-0.25, -0.2) is 0 Å². The molecule has 1 fully saturated rings. The minimum atomic E-state index is -0.273. The number of amides is 2. The van der Waals surface area contributed by atoms with Crippen LogP contribution in [0.1, 0.15) is 12.8 Å². The van der Waals surface area contributed by atoms with Gasteiger partial charge in [-0.05, 0) is 36.8 Å². The van der Waals surface area contributed by atoms with Crippen molar-refractivity contribution in [3.63, 3.8) is 0 Å². The summed E-state index contributed by atoms with van der Waals surface area (Å²) in [4.78, 5) is 25.4. The lowest BCUT2D eigenvalue weighted by Crippen LogP contribution is -2.34. The van der Waals surface area contributed by atoms with E-state index >= 15 is 0 Å². The summed E-state index contributed by atoms with van der Waals surface area (Å²) in [7, 11) is 0. The molecule has 0 atom stereocenters. The SMILES string of the molecule is O=C(CN1CCCC1=O)Nc1cc(Cl)ccc1Oc1ccccc1. The van der Waals surface area contributed by atoms with Gasteiger partial charge in [0.25, 0.3) is 0 Å². The summed E-state index contributed by atoms with van der Waals surface area (Å²) < 4.78 is 5.80. The molecule has 0 spiro atoms. The first-order chi connectivity index (χ1) is 11.6. The molecule has 1 aliphatic heterocycles. The minimum absolute atomic E-state index is 0.0111. The molecule has 124 valence electrons. The van der Waals surface area contributed by atoms with E-state index in [1.807, 2.05) is 30.3 Å². The first-order valence-corrected chi connectivity index (χ1v) is 8.10. The third-order valence-corrected chi connectivity index (χ3v) is 3.93. The number of hydrogen-bond acceptors (Lipinski definition) is 3. The molecular weight excluding hydrogens is 328 g/mol. The van der Waals surface area contributed by atoms with Crippen molar-refractivity contribution in [2.24, 2.45) is 0 Å². The van der Waals surface area contributed by atoms with Gasteiger partial charge in [0.1, 0.15) is 5.75 Å². The van der Waals surface area contributed by atoms with Gasteiger partial charge in [0.15, 0.2) is 5.75 Å². The lowest BCUT2D eigenvalue weighted by molar-refractivity contribution is -0.131. The number of rotatable bonds is 5. The zero-order valence-corrected chi connectivity index (χ0v) is 13.8. The number of nitrogens with zero attached hydrogens (tertiary/aromatic N) is 1. The second-order valence-electron chi connectivity index (χ2n) is 5.52. The second-order valence-corrected chi connectivity index (χ2v) is 5.96. The lowest BCUT2D eigenvalue weighted by Gasteiger charge is -2.17. The van der Waals surface area contributed by atoms with Crippen LogP contribution >= 0.6 is 11.6 Å². The molecule has 1 heterocycles. The molecule has 0 radical (unpaired) electrons. The largest absolute Gasteiger partial charge is 0.455 e. The molecule has 24 heavy (non-hydrogen) atoms. The summed E-state index contributed by atoms with van der Waals surface area (Å²) in [5.41, 5.74) is 0.475. The Bertz CT molecular complexity index is 749. The van der Waals surface area contributed by atoms with Gasteiger partial charge in [-0.15, -0.1) is 0 Å². The minimum Gasteiger partial charge on any atom is -0.455 e. The van der Waals surface area contributed by atoms with Crippen LogP contribution in [0.15, 0.2) is 48.5 Å². The average molecular weight is 345 g/mol. The monoisotopic (exact) mass is 344 g/mol. The van der Waals surface area contributed by atoms with Gasteiger partial charge in [-0.3, -0.25) is 9.59 Å². The number of likely N-dealkylation sites (tertiary alicyclic amines) is 1. The summed E-state index contributed by atoms with van der Waals surface area (Å²) in [6.07, 6.45) is 1.30. The van der Waals surface area contributed by atoms with E-state index in [0.717, 1.165) is 6.42 Å². The Morgan fingerprint density at radius 1 is 1.21 bits per heavy atom. The van der Waals surface area contributed by atoms with E-state index in [1.54, 1.807) is 23.1 Å². The van der Waals surface area contributed by atoms with Gasteiger partial charge < -0.3 is 15.0 Å². The molecule has 0 unspecified atom stereocenters. The standard InChI is InChI=1S/C18H17ClN2O3/c19-13-8-9-16(24-14-5-2-1-3-6-14)15(11-13)20-17(22)12-21-10-4-7-18(21)23/h1-3,5-6,8-9,11H,4,7,10,12H2,(H,20,22). The number of halogens is 1. The Morgan fingerprint density at radius 3 is 2.71 bits per heavy atom. The third-order valence-electron chi connectivity index (χ3n) is 3.69. The summed E-state index contributed by atoms with van der Waals surface area (Å²) >= 11 is 6.03. The van der Waals surface area contributed by atoms with Crippen molar-refractivity contribution < 1.29 is 14.3 Å². The van der Waals surface area contributed by atoms with Crippen LogP contribution < -0.4 is 10.1 Å². The maximum absolute atomic E-state index is 12.2. The summed E-state index contributed by atoms with van der Waals surface area (Å²) in [6, 6.07) is 14.3. The number of ether oxygens (including phenoxy) is 1. The normalized spacial score (nSPS) is 13.9. The number of para-hydroxylation sites is 1. The molecule has 1 saturated heterocycles. The number of carbonyl (C=O) groups excluding carboxylic acids is 2. The fourth-order valence-electron chi connectivity index (χ4n) is 2.54. The zero-order chi connectivity index (χ0) is 16.9. The van der Waals surface area contributed by atoms with E-state index in [-0.39, 0.29) is 18.4 Å². The zero-order valence-electron chi connectivity index (χ0n) is 13.0. The van der Waals surface area contributed by atoms with Crippen molar-refractivity contribution in [3.05, 3.63) is 53.6 Å². The fraction of sp³-hybridized carbons (Fsp3) is 0.222. The highest BCUT2D eigenvalue weighted by Gasteiger charge is 2.22. The van der Waals surface area contributed by atoms with Crippen molar-refractivity contribution in [2.75, 3.05) is 18.4 Å². The Morgan fingerprint density at radius 2 is 2.00 bits per heavy atom. The number of benzene rings is 2. The molecule has 2 aromatic carbocycles. The molecule has 1 aliphatic rings. The van der Waals surface area contributed by atoms with Crippen LogP contribution in [0.3, 0.4) is 0 Å². The molecule has 0 aromatic heterocycles. The highest BCUT2D eigenvalue weighted by atomic mass is 35.5. The van der Waals surface area contributed by atoms with E-state index in [2.05, 4.69) is 5.32 Å². The molecule has 3 rings (SSSR count). The average Bonchev–Trinajstić information content (AvgIpc) is 2.96. The van der Waals surface area contributed by atoms with Crippen molar-refractivity contribution >= 4 is 29.1 Å². The molecule has 0 saturated carbocycles. The Kier molecular flexibility index (Phi) is 5.01. The van der Waals surface area contributed by atoms with Crippen LogP contribution in [0.4, 0.5) is 5.69 Å². The maximum atomic E-state index is 12.2. The van der Waals surface area contributed by atoms with Gasteiger partial charge in [0.05, 0.1) is 12.2 Å². The van der Waals surface area contributed by atoms with Crippen LogP contribution in [0.25, 0.3) is 0 Å². The molecule has 5 nitrogen and oxygen atoms in total. The molecule has 1 N–H and O–H groups in total. The van der Waals surface area contributed by atoms with E-state index in [9.17, 15) is 9.59 Å². The van der Waals surface area contributed by atoms with Crippen LogP contribution in [-0.2, 0) is 9.59 Å². The third kappa shape index (κ3) is 4.06. The van der Waals surface area contributed by atoms with E-state index in [4.69, 9.17) is 16.3 Å². The first-order valence-electron chi connectivity index (χ1n) is 7.72. The van der Waals surface area contributed by atoms with E-state index in [0.29, 0.717) is 35.2 Å². The number of hydrogen-bond donors (Lipinski definition) is 1. The molecule has 0 aliphatic carbocycles. The smallest absolute Gasteiger partial charge is 0.244 e. The van der Waals surface area contributed by atoms with E-state index in [1.165, 1.54) is 0 Å². The Hall–Kier alpha value is -2.53. The topological polar surface area (TPSA) is 58.6 Å². The first kappa shape index (κ1) is 16.3. The lowest BCUT2D eigenvalue weighted by atomic mass is 10.2. The maximum Gasteiger partial charge on any atom is 0.244 e. The highest BCUT2D eigenvalue weighted by molar-refractivity contribution is 6.31. The van der Waals surface area contributed by atoms with Crippen molar-refractivity contribution in [1.82, 2.24) is 4.90 Å². The molecule has 2 amide bonds. The van der Waals surface area contributed by atoms with Gasteiger partial charge in [0, 0.05) is 18.0 Å². The van der Waals surface area contributed by atoms with Gasteiger partial charge >= 0.3 is 0 Å². The Balaban J connectivity index is 1.73. The van der Waals surface area contributed by atoms with Crippen molar-refractivity contribution in [2.45, 2.75) is 12.8 Å². The predicted molar refractivity (Wildman–Crippen MR) is 92.4 cm³/mol. The number of carbonyl (C=O) groups is 2. The predicted octanol–water partition coefficient (Wildman–Crippen LogP) is 3.69. The number of nitrogens with one attached hydrogen (secondary N) is 1. The number of anilines is 1. The fourth-order valence-corrected chi connectivity index (χ4v) is 2.71. The van der Waals surface area contributed by atoms with Crippen LogP contribution in [0.5, 0.6) is 11.5 Å².